The van der Waals surface area contributed by atoms with E-state index in [2.05, 4.69) is 56.1 Å². The van der Waals surface area contributed by atoms with Crippen molar-refractivity contribution in [3.05, 3.63) is 181 Å². The van der Waals surface area contributed by atoms with E-state index in [0.29, 0.717) is 62.4 Å². The Morgan fingerprint density at radius 1 is 0.377 bits per heavy atom. The van der Waals surface area contributed by atoms with Crippen molar-refractivity contribution >= 4 is 51.5 Å². The molecule has 0 unspecified atom stereocenters. The third-order valence-corrected chi connectivity index (χ3v) is 12.8. The molecule has 13 nitrogen and oxygen atoms in total. The molecule has 0 fully saturated rings. The van der Waals surface area contributed by atoms with Crippen LogP contribution in [0.4, 0.5) is 0 Å². The molecule has 6 aromatic rings. The van der Waals surface area contributed by atoms with E-state index in [0.717, 1.165) is 165 Å². The van der Waals surface area contributed by atoms with E-state index in [4.69, 9.17) is 38.1 Å². The first-order valence-electron chi connectivity index (χ1n) is 26.8. The van der Waals surface area contributed by atoms with Crippen LogP contribution in [0.25, 0.3) is 21.7 Å². The summed E-state index contributed by atoms with van der Waals surface area (Å²) in [7, 11) is 0. The number of aromatic nitrogens is 1. The summed E-state index contributed by atoms with van der Waals surface area (Å²) in [5.74, 6) is -0.0907. The maximum Gasteiger partial charge on any atom is 0.338 e. The molecule has 0 amide bonds. The van der Waals surface area contributed by atoms with Crippen molar-refractivity contribution in [2.24, 2.45) is 0 Å². The SMILES string of the molecule is C=CC(=O)OCCCCCCOC(=O)c1ccc(CCc2ccc3c(c2)nc(Oc2ccc(OCCCCCCOC(=O)C=C)cc2)c2cc(CCc4ccc(C(=O)OCCCCCCOC(=O)C=C)cc4)ccc23)cc1. The molecule has 6 rings (SSSR count). The van der Waals surface area contributed by atoms with Gasteiger partial charge in [0.1, 0.15) is 11.5 Å². The van der Waals surface area contributed by atoms with Crippen molar-refractivity contribution in [3.8, 4) is 17.4 Å². The van der Waals surface area contributed by atoms with Gasteiger partial charge in [0.25, 0.3) is 0 Å². The third-order valence-electron chi connectivity index (χ3n) is 12.8. The molecule has 0 saturated carbocycles. The standard InChI is InChI=1S/C64H71NO12/c1-4-59(66)72-40-14-8-7-13-39-71-53-33-35-54(36-34-53)77-62-57-45-49(21-19-47-23-29-51(30-24-47)63(69)75-43-17-11-9-15-41-73-60(67)5-2)27-37-55(57)56-38-28-50(46-58(56)65-62)22-20-48-25-31-52(32-26-48)64(70)76-44-18-12-10-16-42-74-61(68)6-3/h4-6,23-38,45-46H,1-3,7-22,39-44H2. The Labute approximate surface area is 452 Å². The minimum atomic E-state index is -0.420. The highest BCUT2D eigenvalue weighted by atomic mass is 16.5. The van der Waals surface area contributed by atoms with Crippen molar-refractivity contribution in [3.63, 3.8) is 0 Å². The lowest BCUT2D eigenvalue weighted by molar-refractivity contribution is -0.138. The zero-order chi connectivity index (χ0) is 54.5. The first-order chi connectivity index (χ1) is 37.6. The van der Waals surface area contributed by atoms with Crippen LogP contribution in [-0.4, -0.2) is 74.5 Å². The molecule has 0 radical (unpaired) electrons. The average molecular weight is 1050 g/mol. The molecule has 77 heavy (non-hydrogen) atoms. The zero-order valence-corrected chi connectivity index (χ0v) is 44.1. The fourth-order valence-corrected chi connectivity index (χ4v) is 8.42. The first kappa shape index (κ1) is 58.2. The molecule has 0 aliphatic rings. The van der Waals surface area contributed by atoms with Gasteiger partial charge in [0.2, 0.25) is 5.88 Å². The first-order valence-corrected chi connectivity index (χ1v) is 26.8. The Balaban J connectivity index is 1.07. The average Bonchev–Trinajstić information content (AvgIpc) is 3.46. The Morgan fingerprint density at radius 3 is 1.21 bits per heavy atom. The number of carbonyl (C=O) groups is 5. The van der Waals surface area contributed by atoms with E-state index in [1.807, 2.05) is 72.8 Å². The number of hydrogen-bond acceptors (Lipinski definition) is 13. The Morgan fingerprint density at radius 2 is 0.753 bits per heavy atom. The highest BCUT2D eigenvalue weighted by Gasteiger charge is 2.15. The molecule has 0 N–H and O–H groups in total. The number of fused-ring (bicyclic) bond motifs is 3. The number of esters is 5. The summed E-state index contributed by atoms with van der Waals surface area (Å²) in [6, 6.07) is 35.5. The van der Waals surface area contributed by atoms with Crippen LogP contribution in [0.1, 0.15) is 120 Å². The molecule has 1 aromatic heterocycles. The van der Waals surface area contributed by atoms with Crippen LogP contribution < -0.4 is 9.47 Å². The second-order valence-electron chi connectivity index (χ2n) is 18.6. The van der Waals surface area contributed by atoms with Gasteiger partial charge in [0.15, 0.2) is 0 Å². The monoisotopic (exact) mass is 1050 g/mol. The van der Waals surface area contributed by atoms with Gasteiger partial charge in [-0.1, -0.05) is 68.3 Å². The summed E-state index contributed by atoms with van der Waals surface area (Å²) in [6.07, 6.45) is 16.5. The number of rotatable bonds is 35. The summed E-state index contributed by atoms with van der Waals surface area (Å²) in [5.41, 5.74) is 6.24. The van der Waals surface area contributed by atoms with Crippen LogP contribution >= 0.6 is 0 Å². The number of benzene rings is 5. The summed E-state index contributed by atoms with van der Waals surface area (Å²) in [5, 5.41) is 2.92. The van der Waals surface area contributed by atoms with Crippen LogP contribution in [0.15, 0.2) is 147 Å². The fraction of sp³-hybridized carbons (Fsp3) is 0.344. The highest BCUT2D eigenvalue weighted by Crippen LogP contribution is 2.35. The minimum Gasteiger partial charge on any atom is -0.494 e. The fourth-order valence-electron chi connectivity index (χ4n) is 8.42. The molecule has 0 bridgehead atoms. The number of ether oxygens (including phenoxy) is 7. The lowest BCUT2D eigenvalue weighted by Crippen LogP contribution is -2.07. The normalized spacial score (nSPS) is 10.9. The second-order valence-corrected chi connectivity index (χ2v) is 18.6. The number of carbonyl (C=O) groups excluding carboxylic acids is 5. The van der Waals surface area contributed by atoms with E-state index in [9.17, 15) is 24.0 Å². The smallest absolute Gasteiger partial charge is 0.338 e. The van der Waals surface area contributed by atoms with Gasteiger partial charge in [-0.05, 0) is 191 Å². The molecule has 0 saturated heterocycles. The zero-order valence-electron chi connectivity index (χ0n) is 44.1. The maximum absolute atomic E-state index is 12.8. The largest absolute Gasteiger partial charge is 0.494 e. The van der Waals surface area contributed by atoms with Crippen LogP contribution in [0.2, 0.25) is 0 Å². The summed E-state index contributed by atoms with van der Waals surface area (Å²) < 4.78 is 38.7. The van der Waals surface area contributed by atoms with Crippen molar-refractivity contribution in [2.75, 3.05) is 39.6 Å². The molecule has 0 aliphatic carbocycles. The van der Waals surface area contributed by atoms with Gasteiger partial charge >= 0.3 is 29.8 Å². The molecule has 5 aromatic carbocycles. The van der Waals surface area contributed by atoms with Gasteiger partial charge in [-0.3, -0.25) is 0 Å². The van der Waals surface area contributed by atoms with E-state index < -0.39 is 17.9 Å². The van der Waals surface area contributed by atoms with E-state index >= 15 is 0 Å². The number of hydrogen-bond donors (Lipinski definition) is 0. The van der Waals surface area contributed by atoms with Crippen molar-refractivity contribution in [2.45, 2.75) is 103 Å². The molecule has 1 heterocycles. The van der Waals surface area contributed by atoms with Crippen LogP contribution in [0.3, 0.4) is 0 Å². The maximum atomic E-state index is 12.8. The van der Waals surface area contributed by atoms with E-state index in [-0.39, 0.29) is 11.9 Å². The minimum absolute atomic E-state index is 0.328. The molecule has 0 atom stereocenters. The number of pyridine rings is 1. The van der Waals surface area contributed by atoms with Gasteiger partial charge in [-0.25, -0.2) is 29.0 Å². The van der Waals surface area contributed by atoms with Gasteiger partial charge < -0.3 is 33.2 Å². The third kappa shape index (κ3) is 20.2. The molecule has 0 spiro atoms. The van der Waals surface area contributed by atoms with Gasteiger partial charge in [0.05, 0.1) is 56.3 Å². The van der Waals surface area contributed by atoms with Crippen LogP contribution in [0.5, 0.6) is 17.4 Å². The lowest BCUT2D eigenvalue weighted by atomic mass is 9.97. The molecule has 13 heteroatoms. The van der Waals surface area contributed by atoms with E-state index in [1.54, 1.807) is 0 Å². The number of aryl methyl sites for hydroxylation is 4. The number of nitrogens with zero attached hydrogens (tertiary/aromatic N) is 1. The van der Waals surface area contributed by atoms with Crippen LogP contribution in [-0.2, 0) is 63.8 Å². The Hall–Kier alpha value is -8.06. The van der Waals surface area contributed by atoms with Crippen molar-refractivity contribution in [1.82, 2.24) is 4.98 Å². The van der Waals surface area contributed by atoms with Gasteiger partial charge in [-0.2, -0.15) is 0 Å². The predicted octanol–water partition coefficient (Wildman–Crippen LogP) is 13.3. The Kier molecular flexibility index (Phi) is 24.5. The molecular formula is C64H71NO12. The molecular weight excluding hydrogens is 975 g/mol. The Bertz CT molecular complexity index is 2890. The summed E-state index contributed by atoms with van der Waals surface area (Å²) in [4.78, 5) is 64.2. The second kappa shape index (κ2) is 32.4. The summed E-state index contributed by atoms with van der Waals surface area (Å²) in [6.45, 7) is 12.5. The molecule has 0 aliphatic heterocycles. The van der Waals surface area contributed by atoms with Gasteiger partial charge in [0, 0.05) is 29.0 Å². The quantitative estimate of drug-likeness (QED) is 0.0122. The lowest BCUT2D eigenvalue weighted by Gasteiger charge is -2.14. The highest BCUT2D eigenvalue weighted by molar-refractivity contribution is 6.08. The summed E-state index contributed by atoms with van der Waals surface area (Å²) >= 11 is 0. The van der Waals surface area contributed by atoms with Gasteiger partial charge in [-0.15, -0.1) is 0 Å². The topological polar surface area (TPSA) is 163 Å². The molecule has 404 valence electrons. The number of unbranched alkanes of at least 4 members (excludes halogenated alkanes) is 9. The van der Waals surface area contributed by atoms with E-state index in [1.165, 1.54) is 6.08 Å². The van der Waals surface area contributed by atoms with Crippen molar-refractivity contribution < 1.29 is 57.1 Å². The predicted molar refractivity (Wildman–Crippen MR) is 298 cm³/mol. The van der Waals surface area contributed by atoms with Crippen molar-refractivity contribution in [1.29, 1.82) is 0 Å². The van der Waals surface area contributed by atoms with Crippen LogP contribution in [0, 0.1) is 0 Å².